The van der Waals surface area contributed by atoms with Crippen molar-refractivity contribution < 1.29 is 14.7 Å². The number of benzene rings is 2. The zero-order valence-electron chi connectivity index (χ0n) is 16.0. The van der Waals surface area contributed by atoms with Gasteiger partial charge in [-0.15, -0.1) is 11.8 Å². The summed E-state index contributed by atoms with van der Waals surface area (Å²) >= 11 is 1.23. The fraction of sp³-hybridized carbons (Fsp3) is 0.273. The number of rotatable bonds is 5. The number of thioether (sulfide) groups is 1. The van der Waals surface area contributed by atoms with E-state index in [4.69, 9.17) is 0 Å². The number of hydrogen-bond acceptors (Lipinski definition) is 4. The summed E-state index contributed by atoms with van der Waals surface area (Å²) in [6, 6.07) is 11.5. The normalized spacial score (nSPS) is 14.5. The summed E-state index contributed by atoms with van der Waals surface area (Å²) in [6.45, 7) is 7.82. The van der Waals surface area contributed by atoms with E-state index in [0.29, 0.717) is 21.9 Å². The molecule has 0 aliphatic carbocycles. The maximum absolute atomic E-state index is 13.3. The van der Waals surface area contributed by atoms with Crippen LogP contribution in [0, 0.1) is 27.7 Å². The molecule has 0 saturated heterocycles. The molecule has 2 amide bonds. The van der Waals surface area contributed by atoms with Gasteiger partial charge in [-0.3, -0.25) is 9.59 Å². The molecule has 4 nitrogen and oxygen atoms in total. The van der Waals surface area contributed by atoms with Crippen LogP contribution in [0.5, 0.6) is 0 Å². The summed E-state index contributed by atoms with van der Waals surface area (Å²) in [5.41, 5.74) is 5.92. The van der Waals surface area contributed by atoms with Crippen molar-refractivity contribution in [2.75, 3.05) is 17.3 Å². The molecule has 0 spiro atoms. The van der Waals surface area contributed by atoms with Crippen molar-refractivity contribution in [2.45, 2.75) is 27.7 Å². The van der Waals surface area contributed by atoms with Crippen LogP contribution in [0.3, 0.4) is 0 Å². The van der Waals surface area contributed by atoms with E-state index in [1.54, 1.807) is 0 Å². The lowest BCUT2D eigenvalue weighted by atomic mass is 10.0. The van der Waals surface area contributed by atoms with Crippen LogP contribution in [0.2, 0.25) is 0 Å². The molecule has 1 heterocycles. The summed E-state index contributed by atoms with van der Waals surface area (Å²) in [5, 5.41) is 9.22. The molecule has 1 N–H and O–H groups in total. The summed E-state index contributed by atoms with van der Waals surface area (Å²) in [6.07, 6.45) is 0. The molecule has 0 saturated carbocycles. The fourth-order valence-corrected chi connectivity index (χ4v) is 4.08. The summed E-state index contributed by atoms with van der Waals surface area (Å²) in [5.74, 6) is -0.266. The average molecular weight is 381 g/mol. The zero-order chi connectivity index (χ0) is 19.7. The molecule has 2 aromatic carbocycles. The second-order valence-corrected chi connectivity index (χ2v) is 7.92. The largest absolute Gasteiger partial charge is 0.396 e. The molecule has 140 valence electrons. The molecular formula is C22H23NO3S. The highest BCUT2D eigenvalue weighted by molar-refractivity contribution is 8.04. The lowest BCUT2D eigenvalue weighted by molar-refractivity contribution is -0.119. The first kappa shape index (κ1) is 19.4. The summed E-state index contributed by atoms with van der Waals surface area (Å²) < 4.78 is 0. The molecule has 5 heteroatoms. The minimum Gasteiger partial charge on any atom is -0.396 e. The van der Waals surface area contributed by atoms with Crippen LogP contribution < -0.4 is 4.90 Å². The summed E-state index contributed by atoms with van der Waals surface area (Å²) in [7, 11) is 0. The fourth-order valence-electron chi connectivity index (χ4n) is 3.22. The molecule has 2 aromatic rings. The van der Waals surface area contributed by atoms with Crippen LogP contribution in [0.1, 0.15) is 27.8 Å². The number of aryl methyl sites for hydroxylation is 4. The highest BCUT2D eigenvalue weighted by Gasteiger charge is 2.40. The van der Waals surface area contributed by atoms with Crippen molar-refractivity contribution in [3.63, 3.8) is 0 Å². The first-order valence-electron chi connectivity index (χ1n) is 8.86. The Hall–Kier alpha value is -2.37. The lowest BCUT2D eigenvalue weighted by Gasteiger charge is -2.18. The van der Waals surface area contributed by atoms with Gasteiger partial charge in [-0.1, -0.05) is 35.9 Å². The topological polar surface area (TPSA) is 57.6 Å². The third-order valence-electron chi connectivity index (χ3n) is 4.77. The van der Waals surface area contributed by atoms with Crippen LogP contribution in [-0.4, -0.2) is 29.3 Å². The van der Waals surface area contributed by atoms with E-state index in [9.17, 15) is 14.7 Å². The molecule has 0 unspecified atom stereocenters. The smallest absolute Gasteiger partial charge is 0.272 e. The quantitative estimate of drug-likeness (QED) is 0.798. The highest BCUT2D eigenvalue weighted by Crippen LogP contribution is 2.39. The number of carbonyl (C=O) groups excluding carboxylic acids is 2. The van der Waals surface area contributed by atoms with E-state index in [0.717, 1.165) is 27.8 Å². The van der Waals surface area contributed by atoms with Crippen LogP contribution in [0.4, 0.5) is 5.69 Å². The van der Waals surface area contributed by atoms with Crippen LogP contribution >= 0.6 is 11.8 Å². The number of aliphatic hydroxyl groups excluding tert-OH is 1. The Morgan fingerprint density at radius 3 is 2.26 bits per heavy atom. The third-order valence-corrected chi connectivity index (χ3v) is 5.82. The second-order valence-electron chi connectivity index (χ2n) is 6.81. The number of amides is 2. The van der Waals surface area contributed by atoms with E-state index < -0.39 is 0 Å². The Morgan fingerprint density at radius 1 is 0.889 bits per heavy atom. The molecule has 1 aliphatic heterocycles. The van der Waals surface area contributed by atoms with Crippen molar-refractivity contribution >= 4 is 34.8 Å². The number of nitrogens with zero attached hydrogens (tertiary/aromatic N) is 1. The van der Waals surface area contributed by atoms with E-state index in [-0.39, 0.29) is 18.4 Å². The predicted octanol–water partition coefficient (Wildman–Crippen LogP) is 3.93. The maximum Gasteiger partial charge on any atom is 0.272 e. The number of imide groups is 1. The molecule has 0 fully saturated rings. The first-order valence-corrected chi connectivity index (χ1v) is 9.85. The molecule has 3 rings (SSSR count). The molecule has 0 atom stereocenters. The van der Waals surface area contributed by atoms with Crippen molar-refractivity contribution in [3.05, 3.63) is 69.1 Å². The van der Waals surface area contributed by atoms with Crippen molar-refractivity contribution in [3.8, 4) is 0 Å². The van der Waals surface area contributed by atoms with Gasteiger partial charge >= 0.3 is 0 Å². The monoisotopic (exact) mass is 381 g/mol. The van der Waals surface area contributed by atoms with Crippen molar-refractivity contribution in [1.82, 2.24) is 0 Å². The van der Waals surface area contributed by atoms with Gasteiger partial charge in [0.15, 0.2) is 0 Å². The van der Waals surface area contributed by atoms with Gasteiger partial charge in [0.05, 0.1) is 22.8 Å². The minimum absolute atomic E-state index is 0.0561. The van der Waals surface area contributed by atoms with E-state index in [1.807, 2.05) is 64.1 Å². The second kappa shape index (κ2) is 7.71. The van der Waals surface area contributed by atoms with Crippen LogP contribution in [-0.2, 0) is 9.59 Å². The predicted molar refractivity (Wildman–Crippen MR) is 111 cm³/mol. The van der Waals surface area contributed by atoms with Gasteiger partial charge in [0.1, 0.15) is 0 Å². The first-order chi connectivity index (χ1) is 12.8. The van der Waals surface area contributed by atoms with Gasteiger partial charge < -0.3 is 5.11 Å². The van der Waals surface area contributed by atoms with Gasteiger partial charge in [-0.2, -0.15) is 0 Å². The minimum atomic E-state index is -0.321. The van der Waals surface area contributed by atoms with Crippen LogP contribution in [0.15, 0.2) is 41.3 Å². The third kappa shape index (κ3) is 3.57. The van der Waals surface area contributed by atoms with E-state index in [1.165, 1.54) is 16.7 Å². The molecule has 0 aromatic heterocycles. The Bertz CT molecular complexity index is 962. The van der Waals surface area contributed by atoms with Gasteiger partial charge in [0.25, 0.3) is 11.8 Å². The number of hydrogen-bond donors (Lipinski definition) is 1. The SMILES string of the molecule is Cc1ccc(N2C(=O)C(SCCO)=C(c3ccc(C)c(C)c3)C2=O)c(C)c1. The van der Waals surface area contributed by atoms with Crippen LogP contribution in [0.25, 0.3) is 5.57 Å². The highest BCUT2D eigenvalue weighted by atomic mass is 32.2. The molecule has 0 bridgehead atoms. The average Bonchev–Trinajstić information content (AvgIpc) is 2.86. The van der Waals surface area contributed by atoms with Gasteiger partial charge in [-0.25, -0.2) is 4.90 Å². The molecule has 1 aliphatic rings. The number of aliphatic hydroxyl groups is 1. The maximum atomic E-state index is 13.3. The molecule has 0 radical (unpaired) electrons. The molecular weight excluding hydrogens is 358 g/mol. The van der Waals surface area contributed by atoms with Crippen molar-refractivity contribution in [1.29, 1.82) is 0 Å². The Kier molecular flexibility index (Phi) is 5.53. The Balaban J connectivity index is 2.12. The van der Waals surface area contributed by atoms with E-state index in [2.05, 4.69) is 0 Å². The summed E-state index contributed by atoms with van der Waals surface area (Å²) in [4.78, 5) is 28.1. The Labute approximate surface area is 163 Å². The standard InChI is InChI=1S/C22H23NO3S/c1-13-5-8-18(16(4)11-13)23-21(25)19(20(22(23)26)27-10-9-24)17-7-6-14(2)15(3)12-17/h5-8,11-12,24H,9-10H2,1-4H3. The molecule has 27 heavy (non-hydrogen) atoms. The lowest BCUT2D eigenvalue weighted by Crippen LogP contribution is -2.32. The zero-order valence-corrected chi connectivity index (χ0v) is 16.8. The van der Waals surface area contributed by atoms with Gasteiger partial charge in [0, 0.05) is 5.75 Å². The van der Waals surface area contributed by atoms with Crippen molar-refractivity contribution in [2.24, 2.45) is 0 Å². The number of anilines is 1. The van der Waals surface area contributed by atoms with E-state index >= 15 is 0 Å². The number of carbonyl (C=O) groups is 2. The van der Waals surface area contributed by atoms with Gasteiger partial charge in [-0.05, 0) is 56.0 Å². The Morgan fingerprint density at radius 2 is 1.63 bits per heavy atom. The van der Waals surface area contributed by atoms with Gasteiger partial charge in [0.2, 0.25) is 0 Å².